The summed E-state index contributed by atoms with van der Waals surface area (Å²) >= 11 is 0. The SMILES string of the molecule is Nc1nc(=O)n(-c2cccc3c2OCC3)c2nc(C3CC3)ccc12. The van der Waals surface area contributed by atoms with Crippen molar-refractivity contribution in [2.45, 2.75) is 25.2 Å². The summed E-state index contributed by atoms with van der Waals surface area (Å²) in [5, 5.41) is 0.689. The first-order valence-electron chi connectivity index (χ1n) is 8.16. The highest BCUT2D eigenvalue weighted by atomic mass is 16.5. The normalized spacial score (nSPS) is 16.2. The van der Waals surface area contributed by atoms with Gasteiger partial charge in [0.2, 0.25) is 0 Å². The van der Waals surface area contributed by atoms with Gasteiger partial charge >= 0.3 is 5.69 Å². The molecule has 3 aromatic rings. The molecule has 5 rings (SSSR count). The number of hydrogen-bond donors (Lipinski definition) is 1. The summed E-state index contributed by atoms with van der Waals surface area (Å²) < 4.78 is 7.29. The van der Waals surface area contributed by atoms with Gasteiger partial charge in [0.25, 0.3) is 0 Å². The highest BCUT2D eigenvalue weighted by Crippen LogP contribution is 2.40. The van der Waals surface area contributed by atoms with Crippen LogP contribution in [0.5, 0.6) is 5.75 Å². The van der Waals surface area contributed by atoms with E-state index in [0.717, 1.165) is 36.3 Å². The molecule has 0 spiro atoms. The number of nitrogen functional groups attached to an aromatic ring is 1. The summed E-state index contributed by atoms with van der Waals surface area (Å²) in [6, 6.07) is 9.72. The minimum absolute atomic E-state index is 0.217. The fourth-order valence-electron chi connectivity index (χ4n) is 3.33. The summed E-state index contributed by atoms with van der Waals surface area (Å²) in [5.41, 5.74) is 8.89. The van der Waals surface area contributed by atoms with E-state index in [4.69, 9.17) is 15.5 Å². The van der Waals surface area contributed by atoms with Gasteiger partial charge in [-0.25, -0.2) is 14.3 Å². The van der Waals surface area contributed by atoms with Crippen LogP contribution in [0.2, 0.25) is 0 Å². The first kappa shape index (κ1) is 13.5. The second kappa shape index (κ2) is 4.80. The maximum atomic E-state index is 12.6. The lowest BCUT2D eigenvalue weighted by Crippen LogP contribution is -2.24. The predicted molar refractivity (Wildman–Crippen MR) is 90.7 cm³/mol. The molecule has 1 aliphatic heterocycles. The standard InChI is InChI=1S/C18H16N4O2/c19-16-12-6-7-13(10-4-5-10)20-17(12)22(18(23)21-16)14-3-1-2-11-8-9-24-15(11)14/h1-3,6-7,10H,4-5,8-9H2,(H2,19,21,23). The molecule has 1 saturated carbocycles. The third kappa shape index (κ3) is 1.92. The topological polar surface area (TPSA) is 83.0 Å². The molecule has 0 unspecified atom stereocenters. The monoisotopic (exact) mass is 320 g/mol. The Bertz CT molecular complexity index is 1040. The number of fused-ring (bicyclic) bond motifs is 2. The number of nitrogens with zero attached hydrogens (tertiary/aromatic N) is 3. The van der Waals surface area contributed by atoms with E-state index in [9.17, 15) is 4.79 Å². The van der Waals surface area contributed by atoms with Gasteiger partial charge in [0.15, 0.2) is 5.65 Å². The summed E-state index contributed by atoms with van der Waals surface area (Å²) in [4.78, 5) is 21.4. The Balaban J connectivity index is 1.86. The molecule has 120 valence electrons. The Labute approximate surface area is 137 Å². The van der Waals surface area contributed by atoms with E-state index in [1.54, 1.807) is 0 Å². The van der Waals surface area contributed by atoms with E-state index in [1.807, 2.05) is 30.3 Å². The Morgan fingerprint density at radius 1 is 1.17 bits per heavy atom. The molecule has 6 nitrogen and oxygen atoms in total. The lowest BCUT2D eigenvalue weighted by molar-refractivity contribution is 0.355. The van der Waals surface area contributed by atoms with Gasteiger partial charge < -0.3 is 10.5 Å². The van der Waals surface area contributed by atoms with Crippen LogP contribution in [-0.4, -0.2) is 21.1 Å². The van der Waals surface area contributed by atoms with Gasteiger partial charge in [-0.15, -0.1) is 0 Å². The van der Waals surface area contributed by atoms with Crippen molar-refractivity contribution in [3.8, 4) is 11.4 Å². The van der Waals surface area contributed by atoms with Crippen molar-refractivity contribution in [2.24, 2.45) is 0 Å². The molecule has 2 aromatic heterocycles. The molecule has 24 heavy (non-hydrogen) atoms. The predicted octanol–water partition coefficient (Wildman–Crippen LogP) is 2.18. The molecule has 3 heterocycles. The number of ether oxygens (including phenoxy) is 1. The molecule has 1 aromatic carbocycles. The second-order valence-corrected chi connectivity index (χ2v) is 6.36. The zero-order valence-corrected chi connectivity index (χ0v) is 13.0. The van der Waals surface area contributed by atoms with Crippen molar-refractivity contribution in [1.82, 2.24) is 14.5 Å². The van der Waals surface area contributed by atoms with Crippen LogP contribution in [0.1, 0.15) is 30.0 Å². The van der Waals surface area contributed by atoms with Crippen LogP contribution in [0.25, 0.3) is 16.7 Å². The largest absolute Gasteiger partial charge is 0.491 e. The third-order valence-electron chi connectivity index (χ3n) is 4.72. The molecule has 1 aliphatic carbocycles. The molecule has 2 N–H and O–H groups in total. The average Bonchev–Trinajstić information content (AvgIpc) is 3.32. The van der Waals surface area contributed by atoms with Crippen LogP contribution >= 0.6 is 0 Å². The smallest absolute Gasteiger partial charge is 0.355 e. The van der Waals surface area contributed by atoms with Crippen LogP contribution in [0, 0.1) is 0 Å². The molecular weight excluding hydrogens is 304 g/mol. The van der Waals surface area contributed by atoms with E-state index in [0.29, 0.717) is 29.2 Å². The van der Waals surface area contributed by atoms with Crippen molar-refractivity contribution in [3.63, 3.8) is 0 Å². The number of pyridine rings is 1. The number of aromatic nitrogens is 3. The van der Waals surface area contributed by atoms with Crippen molar-refractivity contribution in [1.29, 1.82) is 0 Å². The second-order valence-electron chi connectivity index (χ2n) is 6.36. The number of para-hydroxylation sites is 1. The quantitative estimate of drug-likeness (QED) is 0.782. The van der Waals surface area contributed by atoms with Gasteiger partial charge in [-0.05, 0) is 36.6 Å². The highest BCUT2D eigenvalue weighted by molar-refractivity contribution is 5.87. The van der Waals surface area contributed by atoms with Gasteiger partial charge in [-0.1, -0.05) is 12.1 Å². The van der Waals surface area contributed by atoms with E-state index in [1.165, 1.54) is 4.57 Å². The van der Waals surface area contributed by atoms with Gasteiger partial charge in [0.1, 0.15) is 11.6 Å². The number of hydrogen-bond acceptors (Lipinski definition) is 5. The number of nitrogens with two attached hydrogens (primary N) is 1. The average molecular weight is 320 g/mol. The zero-order chi connectivity index (χ0) is 16.3. The molecule has 6 heteroatoms. The fourth-order valence-corrected chi connectivity index (χ4v) is 3.33. The van der Waals surface area contributed by atoms with Crippen molar-refractivity contribution in [2.75, 3.05) is 12.3 Å². The van der Waals surface area contributed by atoms with Crippen LogP contribution in [0.3, 0.4) is 0 Å². The summed E-state index contributed by atoms with van der Waals surface area (Å²) in [6.07, 6.45) is 3.14. The highest BCUT2D eigenvalue weighted by Gasteiger charge is 2.26. The molecule has 0 radical (unpaired) electrons. The van der Waals surface area contributed by atoms with Gasteiger partial charge in [-0.3, -0.25) is 0 Å². The van der Waals surface area contributed by atoms with Crippen LogP contribution in [0.15, 0.2) is 35.1 Å². The van der Waals surface area contributed by atoms with Gasteiger partial charge in [0.05, 0.1) is 17.7 Å². The minimum Gasteiger partial charge on any atom is -0.491 e. The molecule has 0 atom stereocenters. The van der Waals surface area contributed by atoms with E-state index >= 15 is 0 Å². The molecule has 2 aliphatic rings. The zero-order valence-electron chi connectivity index (χ0n) is 13.0. The van der Waals surface area contributed by atoms with E-state index in [-0.39, 0.29) is 5.82 Å². The molecule has 0 bridgehead atoms. The summed E-state index contributed by atoms with van der Waals surface area (Å²) in [5.74, 6) is 1.45. The van der Waals surface area contributed by atoms with Crippen LogP contribution in [0.4, 0.5) is 5.82 Å². The van der Waals surface area contributed by atoms with Crippen molar-refractivity contribution in [3.05, 3.63) is 52.1 Å². The van der Waals surface area contributed by atoms with Crippen molar-refractivity contribution < 1.29 is 4.74 Å². The molecule has 1 fully saturated rings. The summed E-state index contributed by atoms with van der Waals surface area (Å²) in [6.45, 7) is 0.627. The Morgan fingerprint density at radius 2 is 2.04 bits per heavy atom. The third-order valence-corrected chi connectivity index (χ3v) is 4.72. The number of rotatable bonds is 2. The maximum absolute atomic E-state index is 12.6. The minimum atomic E-state index is -0.427. The fraction of sp³-hybridized carbons (Fsp3) is 0.278. The molecule has 0 amide bonds. The number of benzene rings is 1. The Morgan fingerprint density at radius 3 is 2.88 bits per heavy atom. The lowest BCUT2D eigenvalue weighted by Gasteiger charge is -2.14. The summed E-state index contributed by atoms with van der Waals surface area (Å²) in [7, 11) is 0. The first-order chi connectivity index (χ1) is 11.7. The van der Waals surface area contributed by atoms with E-state index in [2.05, 4.69) is 4.98 Å². The van der Waals surface area contributed by atoms with Crippen LogP contribution in [-0.2, 0) is 6.42 Å². The van der Waals surface area contributed by atoms with Crippen LogP contribution < -0.4 is 16.2 Å². The molecular formula is C18H16N4O2. The Hall–Kier alpha value is -2.89. The van der Waals surface area contributed by atoms with E-state index < -0.39 is 5.69 Å². The van der Waals surface area contributed by atoms with Gasteiger partial charge in [-0.2, -0.15) is 4.98 Å². The van der Waals surface area contributed by atoms with Gasteiger partial charge in [0, 0.05) is 18.0 Å². The lowest BCUT2D eigenvalue weighted by atomic mass is 10.1. The molecule has 0 saturated heterocycles. The maximum Gasteiger partial charge on any atom is 0.355 e. The van der Waals surface area contributed by atoms with Crippen molar-refractivity contribution >= 4 is 16.9 Å². The Kier molecular flexibility index (Phi) is 2.71. The number of anilines is 1. The first-order valence-corrected chi connectivity index (χ1v) is 8.16.